The van der Waals surface area contributed by atoms with Crippen LogP contribution in [0.4, 0.5) is 11.8 Å². The molecule has 3 heterocycles. The van der Waals surface area contributed by atoms with Crippen molar-refractivity contribution >= 4 is 17.7 Å². The zero-order valence-electron chi connectivity index (χ0n) is 19.1. The number of likely N-dealkylation sites (tertiary alicyclic amines) is 1. The van der Waals surface area contributed by atoms with E-state index < -0.39 is 0 Å². The summed E-state index contributed by atoms with van der Waals surface area (Å²) in [4.78, 5) is 26.0. The van der Waals surface area contributed by atoms with Crippen LogP contribution in [0, 0.1) is 5.92 Å². The van der Waals surface area contributed by atoms with Crippen molar-refractivity contribution in [3.8, 4) is 0 Å². The Balaban J connectivity index is 1.28. The lowest BCUT2D eigenvalue weighted by molar-refractivity contribution is -0.142. The molecular weight excluding hydrogens is 390 g/mol. The van der Waals surface area contributed by atoms with Crippen LogP contribution in [0.5, 0.6) is 0 Å². The first-order chi connectivity index (χ1) is 15.2. The van der Waals surface area contributed by atoms with E-state index in [1.165, 1.54) is 65.0 Å². The molecule has 3 fully saturated rings. The summed E-state index contributed by atoms with van der Waals surface area (Å²) < 4.78 is 4.85. The van der Waals surface area contributed by atoms with E-state index in [4.69, 9.17) is 9.72 Å². The predicted octanol–water partition coefficient (Wildman–Crippen LogP) is 3.86. The van der Waals surface area contributed by atoms with Crippen molar-refractivity contribution in [1.29, 1.82) is 0 Å². The highest BCUT2D eigenvalue weighted by atomic mass is 16.5. The van der Waals surface area contributed by atoms with Crippen molar-refractivity contribution in [3.63, 3.8) is 0 Å². The molecule has 2 saturated heterocycles. The van der Waals surface area contributed by atoms with Crippen LogP contribution in [0.15, 0.2) is 12.3 Å². The molecule has 3 aliphatic rings. The maximum absolute atomic E-state index is 11.6. The van der Waals surface area contributed by atoms with E-state index in [1.54, 1.807) is 0 Å². The van der Waals surface area contributed by atoms with Crippen molar-refractivity contribution in [2.24, 2.45) is 5.92 Å². The molecule has 31 heavy (non-hydrogen) atoms. The third-order valence-corrected chi connectivity index (χ3v) is 7.37. The first kappa shape index (κ1) is 22.3. The number of ether oxygens (including phenoxy) is 1. The number of carbonyl (C=O) groups is 1. The largest absolute Gasteiger partial charge is 0.469 e. The average molecular weight is 430 g/mol. The van der Waals surface area contributed by atoms with Crippen LogP contribution in [-0.4, -0.2) is 66.2 Å². The van der Waals surface area contributed by atoms with Gasteiger partial charge in [0.25, 0.3) is 0 Å². The summed E-state index contributed by atoms with van der Waals surface area (Å²) in [5, 5.41) is 3.64. The minimum Gasteiger partial charge on any atom is -0.469 e. The summed E-state index contributed by atoms with van der Waals surface area (Å²) in [6.07, 6.45) is 14.7. The van der Waals surface area contributed by atoms with Crippen molar-refractivity contribution in [1.82, 2.24) is 14.9 Å². The second kappa shape index (κ2) is 11.1. The molecule has 1 aromatic rings. The van der Waals surface area contributed by atoms with Crippen LogP contribution < -0.4 is 10.2 Å². The second-order valence-corrected chi connectivity index (χ2v) is 9.57. The molecule has 0 aromatic carbocycles. The highest BCUT2D eigenvalue weighted by Crippen LogP contribution is 2.31. The first-order valence-electron chi connectivity index (χ1n) is 12.4. The van der Waals surface area contributed by atoms with Crippen LogP contribution in [-0.2, 0) is 9.53 Å². The van der Waals surface area contributed by atoms with Gasteiger partial charge in [0, 0.05) is 44.3 Å². The Hall–Kier alpha value is -1.89. The maximum Gasteiger partial charge on any atom is 0.305 e. The lowest BCUT2D eigenvalue weighted by atomic mass is 9.83. The predicted molar refractivity (Wildman–Crippen MR) is 123 cm³/mol. The summed E-state index contributed by atoms with van der Waals surface area (Å²) >= 11 is 0. The Morgan fingerprint density at radius 2 is 1.84 bits per heavy atom. The molecule has 0 radical (unpaired) electrons. The molecule has 1 atom stereocenters. The molecule has 7 nitrogen and oxygen atoms in total. The molecule has 0 amide bonds. The Bertz CT molecular complexity index is 699. The summed E-state index contributed by atoms with van der Waals surface area (Å²) in [7, 11) is 1.49. The van der Waals surface area contributed by atoms with Gasteiger partial charge in [0.15, 0.2) is 0 Å². The van der Waals surface area contributed by atoms with E-state index in [0.717, 1.165) is 44.2 Å². The van der Waals surface area contributed by atoms with Gasteiger partial charge in [0.1, 0.15) is 5.82 Å². The quantitative estimate of drug-likeness (QED) is 0.689. The van der Waals surface area contributed by atoms with Crippen LogP contribution in [0.2, 0.25) is 0 Å². The Morgan fingerprint density at radius 1 is 1.06 bits per heavy atom. The SMILES string of the molecule is COC(=O)CC1CCC(N2CCCC(Nc3nccc(N4CCCCCC4)n3)C2)CC1. The topological polar surface area (TPSA) is 70.6 Å². The molecule has 7 heteroatoms. The van der Waals surface area contributed by atoms with E-state index >= 15 is 0 Å². The van der Waals surface area contributed by atoms with Crippen LogP contribution >= 0.6 is 0 Å². The number of rotatable bonds is 6. The fourth-order valence-electron chi connectivity index (χ4n) is 5.57. The Kier molecular flexibility index (Phi) is 8.00. The molecule has 0 spiro atoms. The first-order valence-corrected chi connectivity index (χ1v) is 12.4. The van der Waals surface area contributed by atoms with Crippen LogP contribution in [0.1, 0.15) is 70.6 Å². The van der Waals surface area contributed by atoms with Crippen molar-refractivity contribution in [3.05, 3.63) is 12.3 Å². The van der Waals surface area contributed by atoms with Crippen molar-refractivity contribution in [2.75, 3.05) is 43.5 Å². The van der Waals surface area contributed by atoms with Crippen molar-refractivity contribution in [2.45, 2.75) is 82.7 Å². The van der Waals surface area contributed by atoms with Crippen molar-refractivity contribution < 1.29 is 9.53 Å². The Morgan fingerprint density at radius 3 is 2.58 bits per heavy atom. The van der Waals surface area contributed by atoms with Gasteiger partial charge >= 0.3 is 5.97 Å². The highest BCUT2D eigenvalue weighted by molar-refractivity contribution is 5.69. The zero-order chi connectivity index (χ0) is 21.5. The minimum absolute atomic E-state index is 0.0620. The van der Waals surface area contributed by atoms with Gasteiger partial charge in [-0.3, -0.25) is 9.69 Å². The molecule has 1 N–H and O–H groups in total. The van der Waals surface area contributed by atoms with E-state index in [2.05, 4.69) is 26.2 Å². The summed E-state index contributed by atoms with van der Waals surface area (Å²) in [6, 6.07) is 3.10. The molecule has 1 unspecified atom stereocenters. The molecular formula is C24H39N5O2. The normalized spacial score (nSPS) is 28.0. The molecule has 1 saturated carbocycles. The van der Waals surface area contributed by atoms with Gasteiger partial charge in [-0.1, -0.05) is 12.8 Å². The molecule has 0 bridgehead atoms. The molecule has 1 aliphatic carbocycles. The fraction of sp³-hybridized carbons (Fsp3) is 0.792. The van der Waals surface area contributed by atoms with Gasteiger partial charge < -0.3 is 15.0 Å². The zero-order valence-corrected chi connectivity index (χ0v) is 19.1. The number of methoxy groups -OCH3 is 1. The number of hydrogen-bond donors (Lipinski definition) is 1. The minimum atomic E-state index is -0.0620. The number of piperidine rings is 1. The standard InChI is InChI=1S/C24H39N5O2/c1-31-23(30)17-19-8-10-21(11-9-19)29-16-6-7-20(18-29)26-24-25-13-12-22(27-24)28-14-4-2-3-5-15-28/h12-13,19-21H,2-11,14-18H2,1H3,(H,25,26,27). The number of aromatic nitrogens is 2. The Labute approximate surface area is 186 Å². The van der Waals surface area contributed by atoms with Gasteiger partial charge in [-0.25, -0.2) is 4.98 Å². The van der Waals surface area contributed by atoms with E-state index in [-0.39, 0.29) is 5.97 Å². The lowest BCUT2D eigenvalue weighted by Crippen LogP contribution is -2.48. The molecule has 1 aromatic heterocycles. The number of carbonyl (C=O) groups excluding carboxylic acids is 1. The second-order valence-electron chi connectivity index (χ2n) is 9.57. The third-order valence-electron chi connectivity index (χ3n) is 7.37. The number of nitrogens with zero attached hydrogens (tertiary/aromatic N) is 4. The maximum atomic E-state index is 11.6. The van der Waals surface area contributed by atoms with Crippen LogP contribution in [0.3, 0.4) is 0 Å². The number of hydrogen-bond acceptors (Lipinski definition) is 7. The van der Waals surface area contributed by atoms with Gasteiger partial charge in [0.2, 0.25) is 5.95 Å². The lowest BCUT2D eigenvalue weighted by Gasteiger charge is -2.41. The third kappa shape index (κ3) is 6.31. The number of anilines is 2. The highest BCUT2D eigenvalue weighted by Gasteiger charge is 2.30. The summed E-state index contributed by atoms with van der Waals surface area (Å²) in [6.45, 7) is 4.45. The fourth-order valence-corrected chi connectivity index (χ4v) is 5.57. The van der Waals surface area contributed by atoms with Crippen LogP contribution in [0.25, 0.3) is 0 Å². The van der Waals surface area contributed by atoms with E-state index in [9.17, 15) is 4.79 Å². The summed E-state index contributed by atoms with van der Waals surface area (Å²) in [5.74, 6) is 2.28. The number of esters is 1. The van der Waals surface area contributed by atoms with Gasteiger partial charge in [-0.15, -0.1) is 0 Å². The van der Waals surface area contributed by atoms with E-state index in [1.807, 2.05) is 6.20 Å². The number of nitrogens with one attached hydrogen (secondary N) is 1. The monoisotopic (exact) mass is 429 g/mol. The van der Waals surface area contributed by atoms with Gasteiger partial charge in [-0.05, 0) is 69.9 Å². The molecule has 2 aliphatic heterocycles. The molecule has 4 rings (SSSR count). The smallest absolute Gasteiger partial charge is 0.305 e. The van der Waals surface area contributed by atoms with Gasteiger partial charge in [0.05, 0.1) is 7.11 Å². The average Bonchev–Trinajstić information content (AvgIpc) is 3.10. The molecule has 172 valence electrons. The van der Waals surface area contributed by atoms with Gasteiger partial charge in [-0.2, -0.15) is 4.98 Å². The summed E-state index contributed by atoms with van der Waals surface area (Å²) in [5.41, 5.74) is 0. The van der Waals surface area contributed by atoms with E-state index in [0.29, 0.717) is 24.4 Å².